The summed E-state index contributed by atoms with van der Waals surface area (Å²) in [6.07, 6.45) is 0.930. The number of halogens is 2. The zero-order valence-corrected chi connectivity index (χ0v) is 12.8. The molecule has 4 nitrogen and oxygen atoms in total. The zero-order valence-electron chi connectivity index (χ0n) is 12.1. The molecule has 0 radical (unpaired) electrons. The average molecular weight is 315 g/mol. The van der Waals surface area contributed by atoms with Gasteiger partial charge in [0.05, 0.1) is 6.61 Å². The molecular weight excluding hydrogens is 295 g/mol. The van der Waals surface area contributed by atoms with Crippen LogP contribution in [0.15, 0.2) is 18.2 Å². The summed E-state index contributed by atoms with van der Waals surface area (Å²) in [5.41, 5.74) is 0.542. The summed E-state index contributed by atoms with van der Waals surface area (Å²) in [5, 5.41) is 3.57. The van der Waals surface area contributed by atoms with Gasteiger partial charge < -0.3 is 10.1 Å². The van der Waals surface area contributed by atoms with Crippen molar-refractivity contribution < 1.29 is 13.9 Å². The standard InChI is InChI=1S/C15H20ClFN2O2/c1-2-21-15(20)14(19-6-3-4-18-5-7-19)11-8-12(16)10-13(17)9-11/h8-10,14,18H,2-7H2,1H3. The van der Waals surface area contributed by atoms with Crippen LogP contribution in [0, 0.1) is 5.82 Å². The number of hydrogen-bond acceptors (Lipinski definition) is 4. The minimum atomic E-state index is -0.613. The Hall–Kier alpha value is -1.17. The number of carbonyl (C=O) groups excluding carboxylic acids is 1. The van der Waals surface area contributed by atoms with Crippen LogP contribution < -0.4 is 5.32 Å². The third-order valence-electron chi connectivity index (χ3n) is 3.45. The van der Waals surface area contributed by atoms with E-state index < -0.39 is 11.9 Å². The van der Waals surface area contributed by atoms with Gasteiger partial charge in [-0.05, 0) is 43.7 Å². The lowest BCUT2D eigenvalue weighted by Gasteiger charge is -2.29. The Morgan fingerprint density at radius 1 is 1.43 bits per heavy atom. The van der Waals surface area contributed by atoms with E-state index in [1.54, 1.807) is 13.0 Å². The van der Waals surface area contributed by atoms with E-state index in [9.17, 15) is 9.18 Å². The highest BCUT2D eigenvalue weighted by atomic mass is 35.5. The van der Waals surface area contributed by atoms with Gasteiger partial charge in [-0.1, -0.05) is 11.6 Å². The second kappa shape index (κ2) is 7.73. The molecule has 1 fully saturated rings. The van der Waals surface area contributed by atoms with Crippen LogP contribution in [-0.2, 0) is 9.53 Å². The Balaban J connectivity index is 2.31. The predicted molar refractivity (Wildman–Crippen MR) is 79.8 cm³/mol. The van der Waals surface area contributed by atoms with Gasteiger partial charge in [0.2, 0.25) is 0 Å². The predicted octanol–water partition coefficient (Wildman–Crippen LogP) is 2.38. The molecular formula is C15H20ClFN2O2. The van der Waals surface area contributed by atoms with Crippen LogP contribution in [0.2, 0.25) is 5.02 Å². The molecule has 1 unspecified atom stereocenters. The van der Waals surface area contributed by atoms with Gasteiger partial charge in [0.15, 0.2) is 0 Å². The van der Waals surface area contributed by atoms with Crippen LogP contribution in [0.25, 0.3) is 0 Å². The molecule has 1 aliphatic heterocycles. The van der Waals surface area contributed by atoms with E-state index in [1.165, 1.54) is 12.1 Å². The molecule has 1 aromatic carbocycles. The van der Waals surface area contributed by atoms with Gasteiger partial charge in [0.25, 0.3) is 0 Å². The van der Waals surface area contributed by atoms with Crippen LogP contribution in [-0.4, -0.2) is 43.7 Å². The van der Waals surface area contributed by atoms with Crippen LogP contribution in [0.3, 0.4) is 0 Å². The number of nitrogens with one attached hydrogen (secondary N) is 1. The lowest BCUT2D eigenvalue weighted by atomic mass is 10.0. The van der Waals surface area contributed by atoms with Gasteiger partial charge >= 0.3 is 5.97 Å². The average Bonchev–Trinajstić information content (AvgIpc) is 2.67. The van der Waals surface area contributed by atoms with Gasteiger partial charge in [-0.3, -0.25) is 4.90 Å². The fourth-order valence-electron chi connectivity index (χ4n) is 2.58. The highest BCUT2D eigenvalue weighted by Gasteiger charge is 2.30. The van der Waals surface area contributed by atoms with Crippen LogP contribution >= 0.6 is 11.6 Å². The summed E-state index contributed by atoms with van der Waals surface area (Å²) >= 11 is 5.92. The van der Waals surface area contributed by atoms with E-state index in [4.69, 9.17) is 16.3 Å². The van der Waals surface area contributed by atoms with E-state index in [0.29, 0.717) is 18.7 Å². The van der Waals surface area contributed by atoms with Crippen molar-refractivity contribution in [3.05, 3.63) is 34.6 Å². The van der Waals surface area contributed by atoms with Crippen molar-refractivity contribution >= 4 is 17.6 Å². The van der Waals surface area contributed by atoms with Crippen molar-refractivity contribution in [3.63, 3.8) is 0 Å². The van der Waals surface area contributed by atoms with Crippen molar-refractivity contribution in [2.75, 3.05) is 32.8 Å². The molecule has 0 aliphatic carbocycles. The SMILES string of the molecule is CCOC(=O)C(c1cc(F)cc(Cl)c1)N1CCCNCC1. The number of esters is 1. The summed E-state index contributed by atoms with van der Waals surface area (Å²) in [5.74, 6) is -0.805. The van der Waals surface area contributed by atoms with E-state index in [1.807, 2.05) is 4.90 Å². The molecule has 21 heavy (non-hydrogen) atoms. The van der Waals surface area contributed by atoms with Crippen molar-refractivity contribution in [2.45, 2.75) is 19.4 Å². The van der Waals surface area contributed by atoms with Gasteiger partial charge in [0, 0.05) is 24.7 Å². The molecule has 6 heteroatoms. The Morgan fingerprint density at radius 2 is 2.24 bits per heavy atom. The number of nitrogens with zero attached hydrogens (tertiary/aromatic N) is 1. The third kappa shape index (κ3) is 4.40. The first-order chi connectivity index (χ1) is 10.1. The molecule has 116 valence electrons. The van der Waals surface area contributed by atoms with Crippen molar-refractivity contribution in [1.82, 2.24) is 10.2 Å². The maximum absolute atomic E-state index is 13.6. The molecule has 1 heterocycles. The third-order valence-corrected chi connectivity index (χ3v) is 3.67. The second-order valence-electron chi connectivity index (χ2n) is 5.00. The van der Waals surface area contributed by atoms with Gasteiger partial charge in [-0.25, -0.2) is 9.18 Å². The fourth-order valence-corrected chi connectivity index (χ4v) is 2.81. The molecule has 0 saturated carbocycles. The Morgan fingerprint density at radius 3 is 2.95 bits per heavy atom. The maximum atomic E-state index is 13.6. The maximum Gasteiger partial charge on any atom is 0.328 e. The number of ether oxygens (including phenoxy) is 1. The first-order valence-electron chi connectivity index (χ1n) is 7.19. The van der Waals surface area contributed by atoms with Gasteiger partial charge in [-0.2, -0.15) is 0 Å². The van der Waals surface area contributed by atoms with Crippen LogP contribution in [0.4, 0.5) is 4.39 Å². The number of hydrogen-bond donors (Lipinski definition) is 1. The fraction of sp³-hybridized carbons (Fsp3) is 0.533. The summed E-state index contributed by atoms with van der Waals surface area (Å²) < 4.78 is 18.8. The lowest BCUT2D eigenvalue weighted by Crippen LogP contribution is -2.37. The summed E-state index contributed by atoms with van der Waals surface area (Å²) in [6.45, 7) is 5.22. The molecule has 1 N–H and O–H groups in total. The molecule has 1 aliphatic rings. The number of carbonyl (C=O) groups is 1. The monoisotopic (exact) mass is 314 g/mol. The van der Waals surface area contributed by atoms with E-state index >= 15 is 0 Å². The minimum absolute atomic E-state index is 0.284. The van der Waals surface area contributed by atoms with E-state index in [2.05, 4.69) is 5.32 Å². The normalized spacial score (nSPS) is 18.0. The molecule has 0 bridgehead atoms. The Kier molecular flexibility index (Phi) is 5.96. The van der Waals surface area contributed by atoms with E-state index in [0.717, 1.165) is 26.1 Å². The summed E-state index contributed by atoms with van der Waals surface area (Å²) in [4.78, 5) is 14.3. The molecule has 1 atom stereocenters. The van der Waals surface area contributed by atoms with Crippen molar-refractivity contribution in [3.8, 4) is 0 Å². The van der Waals surface area contributed by atoms with E-state index in [-0.39, 0.29) is 11.0 Å². The quantitative estimate of drug-likeness (QED) is 0.866. The number of benzene rings is 1. The lowest BCUT2D eigenvalue weighted by molar-refractivity contribution is -0.149. The smallest absolute Gasteiger partial charge is 0.328 e. The van der Waals surface area contributed by atoms with Crippen molar-refractivity contribution in [2.24, 2.45) is 0 Å². The van der Waals surface area contributed by atoms with Crippen molar-refractivity contribution in [1.29, 1.82) is 0 Å². The molecule has 1 aromatic rings. The van der Waals surface area contributed by atoms with Crippen LogP contribution in [0.1, 0.15) is 24.9 Å². The zero-order chi connectivity index (χ0) is 15.2. The topological polar surface area (TPSA) is 41.6 Å². The Labute approximate surface area is 129 Å². The highest BCUT2D eigenvalue weighted by Crippen LogP contribution is 2.26. The summed E-state index contributed by atoms with van der Waals surface area (Å²) in [6, 6.07) is 3.60. The highest BCUT2D eigenvalue weighted by molar-refractivity contribution is 6.30. The van der Waals surface area contributed by atoms with Crippen LogP contribution in [0.5, 0.6) is 0 Å². The molecule has 0 aromatic heterocycles. The molecule has 2 rings (SSSR count). The number of rotatable bonds is 4. The Bertz CT molecular complexity index is 470. The van der Waals surface area contributed by atoms with Gasteiger partial charge in [0.1, 0.15) is 11.9 Å². The van der Waals surface area contributed by atoms with Gasteiger partial charge in [-0.15, -0.1) is 0 Å². The largest absolute Gasteiger partial charge is 0.465 e. The first-order valence-corrected chi connectivity index (χ1v) is 7.57. The molecule has 1 saturated heterocycles. The summed E-state index contributed by atoms with van der Waals surface area (Å²) in [7, 11) is 0. The minimum Gasteiger partial charge on any atom is -0.465 e. The second-order valence-corrected chi connectivity index (χ2v) is 5.43. The first kappa shape index (κ1) is 16.2. The molecule has 0 amide bonds. The molecule has 0 spiro atoms.